The largest absolute Gasteiger partial charge is 0.392 e. The number of piperidine rings is 3. The minimum atomic E-state index is 0.209. The van der Waals surface area contributed by atoms with Crippen LogP contribution in [0.25, 0.3) is 17.0 Å². The average Bonchev–Trinajstić information content (AvgIpc) is 3.54. The summed E-state index contributed by atoms with van der Waals surface area (Å²) in [6.45, 7) is 20.8. The van der Waals surface area contributed by atoms with Crippen LogP contribution < -0.4 is 30.7 Å². The van der Waals surface area contributed by atoms with Gasteiger partial charge in [0.25, 0.3) is 0 Å². The van der Waals surface area contributed by atoms with Crippen LogP contribution in [0.2, 0.25) is 5.02 Å². The molecule has 11 nitrogen and oxygen atoms in total. The molecule has 3 aromatic heterocycles. The first kappa shape index (κ1) is 38.6. The highest BCUT2D eigenvalue weighted by Crippen LogP contribution is 2.39. The summed E-state index contributed by atoms with van der Waals surface area (Å²) in [6, 6.07) is 8.98. The SMILES string of the molecule is C=C(CCC1=Cc2cc(Nc3nc(N4CCC(CC5CCN(c6ccc7c(C8CCC(=C)NC8=C)nn(C)c7c6)CC5)CC4)ncc3Cl)cnc2N(C)C1=C)NC. The van der Waals surface area contributed by atoms with Crippen LogP contribution in [-0.2, 0) is 7.05 Å². The Hall–Kier alpha value is -5.29. The number of pyridine rings is 1. The third-order valence-corrected chi connectivity index (χ3v) is 12.9. The summed E-state index contributed by atoms with van der Waals surface area (Å²) < 4.78 is 2.04. The summed E-state index contributed by atoms with van der Waals surface area (Å²) in [5.74, 6) is 3.86. The maximum Gasteiger partial charge on any atom is 0.227 e. The number of benzene rings is 1. The van der Waals surface area contributed by atoms with Crippen molar-refractivity contribution in [1.29, 1.82) is 0 Å². The third kappa shape index (κ3) is 8.12. The van der Waals surface area contributed by atoms with E-state index < -0.39 is 0 Å². The van der Waals surface area contributed by atoms with Gasteiger partial charge in [0.1, 0.15) is 10.8 Å². The zero-order valence-electron chi connectivity index (χ0n) is 33.7. The lowest BCUT2D eigenvalue weighted by molar-refractivity contribution is 0.279. The fraction of sp³-hybridized carbons (Fsp3) is 0.422. The van der Waals surface area contributed by atoms with E-state index in [-0.39, 0.29) is 5.92 Å². The molecule has 7 heterocycles. The summed E-state index contributed by atoms with van der Waals surface area (Å²) in [7, 11) is 5.97. The van der Waals surface area contributed by atoms with Crippen molar-refractivity contribution in [3.8, 4) is 0 Å². The van der Waals surface area contributed by atoms with Crippen LogP contribution in [0.15, 0.2) is 91.3 Å². The van der Waals surface area contributed by atoms with Gasteiger partial charge in [0.2, 0.25) is 5.95 Å². The molecule has 3 fully saturated rings. The Kier molecular flexibility index (Phi) is 11.0. The van der Waals surface area contributed by atoms with Gasteiger partial charge in [-0.25, -0.2) is 9.97 Å². The summed E-state index contributed by atoms with van der Waals surface area (Å²) >= 11 is 6.64. The van der Waals surface area contributed by atoms with E-state index in [4.69, 9.17) is 26.7 Å². The Morgan fingerprint density at radius 2 is 1.68 bits per heavy atom. The molecule has 8 rings (SSSR count). The summed E-state index contributed by atoms with van der Waals surface area (Å²) in [5, 5.41) is 16.6. The lowest BCUT2D eigenvalue weighted by atomic mass is 9.82. The number of nitrogens with zero attached hydrogens (tertiary/aromatic N) is 8. The molecule has 12 heteroatoms. The number of allylic oxidation sites excluding steroid dienone is 4. The number of fused-ring (bicyclic) bond motifs is 2. The molecule has 1 unspecified atom stereocenters. The van der Waals surface area contributed by atoms with Crippen LogP contribution in [0.3, 0.4) is 0 Å². The standard InChI is InChI=1S/C45H56ClN11/c1-28(47-5)8-10-34-23-35-24-36(26-48-44(35)54(6)31(34)4)51-43-40(46)27-49-45(52-43)57-20-16-33(17-21-57)22-32-14-18-56(19-15-32)37-11-13-39-41(25-37)55(7)53-42(39)38-12-9-29(2)50-30(38)3/h11,13,23-27,32-33,38,47,50H,1-4,8-10,12,14-22H2,5-7H3,(H,49,51,52). The molecule has 1 aromatic carbocycles. The number of hydrogen-bond donors (Lipinski definition) is 3. The monoisotopic (exact) mass is 785 g/mol. The minimum absolute atomic E-state index is 0.209. The van der Waals surface area contributed by atoms with Crippen LogP contribution in [0.1, 0.15) is 75.0 Å². The van der Waals surface area contributed by atoms with Crippen LogP contribution in [0.4, 0.5) is 29.0 Å². The van der Waals surface area contributed by atoms with Gasteiger partial charge in [-0.3, -0.25) is 4.68 Å². The van der Waals surface area contributed by atoms with Crippen molar-refractivity contribution in [3.05, 3.63) is 108 Å². The topological polar surface area (TPSA) is 102 Å². The van der Waals surface area contributed by atoms with Gasteiger partial charge in [0.05, 0.1) is 29.3 Å². The smallest absolute Gasteiger partial charge is 0.227 e. The van der Waals surface area contributed by atoms with Crippen molar-refractivity contribution in [1.82, 2.24) is 35.4 Å². The van der Waals surface area contributed by atoms with Gasteiger partial charge in [-0.15, -0.1) is 0 Å². The molecule has 1 atom stereocenters. The van der Waals surface area contributed by atoms with Crippen LogP contribution in [0, 0.1) is 11.8 Å². The molecule has 0 radical (unpaired) electrons. The van der Waals surface area contributed by atoms with Crippen molar-refractivity contribution in [3.63, 3.8) is 0 Å². The highest BCUT2D eigenvalue weighted by Gasteiger charge is 2.29. The van der Waals surface area contributed by atoms with E-state index in [1.54, 1.807) is 6.20 Å². The van der Waals surface area contributed by atoms with E-state index in [0.717, 1.165) is 128 Å². The Morgan fingerprint density at radius 1 is 0.947 bits per heavy atom. The Bertz CT molecular complexity index is 2240. The number of hydrogen-bond acceptors (Lipinski definition) is 10. The molecule has 0 amide bonds. The quantitative estimate of drug-likeness (QED) is 0.137. The predicted octanol–water partition coefficient (Wildman–Crippen LogP) is 9.03. The third-order valence-electron chi connectivity index (χ3n) is 12.6. The van der Waals surface area contributed by atoms with Crippen LogP contribution in [-0.4, -0.2) is 65.0 Å². The lowest BCUT2D eigenvalue weighted by Gasteiger charge is -2.37. The number of aromatic nitrogens is 5. The number of aryl methyl sites for hydroxylation is 1. The molecule has 4 aliphatic rings. The molecule has 0 aliphatic carbocycles. The van der Waals surface area contributed by atoms with E-state index in [1.165, 1.54) is 35.9 Å². The van der Waals surface area contributed by atoms with Gasteiger partial charge >= 0.3 is 0 Å². The van der Waals surface area contributed by atoms with Crippen molar-refractivity contribution in [2.45, 2.75) is 63.7 Å². The van der Waals surface area contributed by atoms with Crippen molar-refractivity contribution in [2.75, 3.05) is 60.3 Å². The molecular weight excluding hydrogens is 730 g/mol. The number of anilines is 5. The van der Waals surface area contributed by atoms with E-state index in [1.807, 2.05) is 29.9 Å². The fourth-order valence-electron chi connectivity index (χ4n) is 9.07. The molecule has 0 bridgehead atoms. The molecule has 4 aliphatic heterocycles. The normalized spacial score (nSPS) is 19.4. The Balaban J connectivity index is 0.842. The van der Waals surface area contributed by atoms with Gasteiger partial charge in [-0.2, -0.15) is 10.1 Å². The van der Waals surface area contributed by atoms with Crippen LogP contribution in [0.5, 0.6) is 0 Å². The van der Waals surface area contributed by atoms with E-state index in [0.29, 0.717) is 16.8 Å². The first-order valence-corrected chi connectivity index (χ1v) is 20.8. The van der Waals surface area contributed by atoms with Crippen LogP contribution >= 0.6 is 11.6 Å². The lowest BCUT2D eigenvalue weighted by Crippen LogP contribution is -2.37. The summed E-state index contributed by atoms with van der Waals surface area (Å²) in [6.07, 6.45) is 15.4. The minimum Gasteiger partial charge on any atom is -0.392 e. The van der Waals surface area contributed by atoms with Gasteiger partial charge in [0, 0.05) is 92.7 Å². The average molecular weight is 786 g/mol. The number of rotatable bonds is 11. The van der Waals surface area contributed by atoms with E-state index in [2.05, 4.69) is 94.4 Å². The highest BCUT2D eigenvalue weighted by atomic mass is 35.5. The molecular formula is C45H56ClN11. The first-order valence-electron chi connectivity index (χ1n) is 20.4. The molecule has 0 saturated carbocycles. The number of halogens is 1. The molecule has 3 saturated heterocycles. The number of nitrogens with one attached hydrogen (secondary N) is 3. The van der Waals surface area contributed by atoms with E-state index in [9.17, 15) is 0 Å². The van der Waals surface area contributed by atoms with Gasteiger partial charge in [-0.05, 0) is 106 Å². The number of likely N-dealkylation sites (N-methyl/N-ethyl adjacent to an activating group) is 1. The van der Waals surface area contributed by atoms with Gasteiger partial charge in [-0.1, -0.05) is 37.9 Å². The van der Waals surface area contributed by atoms with Crippen molar-refractivity contribution < 1.29 is 0 Å². The Labute approximate surface area is 342 Å². The van der Waals surface area contributed by atoms with Crippen molar-refractivity contribution in [2.24, 2.45) is 18.9 Å². The van der Waals surface area contributed by atoms with Gasteiger partial charge < -0.3 is 30.7 Å². The Morgan fingerprint density at radius 3 is 2.40 bits per heavy atom. The second-order valence-corrected chi connectivity index (χ2v) is 16.7. The fourth-order valence-corrected chi connectivity index (χ4v) is 9.21. The maximum absolute atomic E-state index is 6.64. The second-order valence-electron chi connectivity index (χ2n) is 16.3. The maximum atomic E-state index is 6.64. The highest BCUT2D eigenvalue weighted by molar-refractivity contribution is 6.32. The van der Waals surface area contributed by atoms with Crippen molar-refractivity contribution >= 4 is 57.5 Å². The zero-order valence-corrected chi connectivity index (χ0v) is 34.5. The second kappa shape index (κ2) is 16.3. The first-order chi connectivity index (χ1) is 27.5. The summed E-state index contributed by atoms with van der Waals surface area (Å²) in [4.78, 5) is 21.2. The van der Waals surface area contributed by atoms with Gasteiger partial charge in [0.15, 0.2) is 5.82 Å². The zero-order chi connectivity index (χ0) is 39.8. The summed E-state index contributed by atoms with van der Waals surface area (Å²) in [5.41, 5.74) is 10.6. The molecule has 298 valence electrons. The molecule has 57 heavy (non-hydrogen) atoms. The molecule has 3 N–H and O–H groups in total. The molecule has 0 spiro atoms. The molecule has 4 aromatic rings. The predicted molar refractivity (Wildman–Crippen MR) is 236 cm³/mol. The van der Waals surface area contributed by atoms with E-state index >= 15 is 0 Å².